The number of anilines is 1. The fourth-order valence-corrected chi connectivity index (χ4v) is 2.95. The molecule has 0 saturated carbocycles. The van der Waals surface area contributed by atoms with E-state index in [2.05, 4.69) is 19.2 Å². The largest absolute Gasteiger partial charge is 0.338 e. The second-order valence-electron chi connectivity index (χ2n) is 5.94. The van der Waals surface area contributed by atoms with Gasteiger partial charge in [-0.15, -0.1) is 0 Å². The summed E-state index contributed by atoms with van der Waals surface area (Å²) in [7, 11) is 0. The number of benzene rings is 2. The summed E-state index contributed by atoms with van der Waals surface area (Å²) in [5.74, 6) is 0.326. The van der Waals surface area contributed by atoms with Gasteiger partial charge in [0.05, 0.1) is 0 Å². The number of aromatic nitrogens is 1. The second-order valence-corrected chi connectivity index (χ2v) is 6.37. The Morgan fingerprint density at radius 3 is 2.74 bits per heavy atom. The van der Waals surface area contributed by atoms with Crippen molar-refractivity contribution in [1.29, 1.82) is 0 Å². The van der Waals surface area contributed by atoms with Crippen LogP contribution >= 0.6 is 11.6 Å². The molecule has 0 aliphatic rings. The van der Waals surface area contributed by atoms with Crippen LogP contribution in [0, 0.1) is 0 Å². The van der Waals surface area contributed by atoms with Crippen LogP contribution in [0.3, 0.4) is 0 Å². The van der Waals surface area contributed by atoms with Crippen LogP contribution in [0.25, 0.3) is 10.9 Å². The monoisotopic (exact) mass is 326 g/mol. The molecule has 3 aromatic rings. The first-order valence-corrected chi connectivity index (χ1v) is 8.05. The zero-order valence-electron chi connectivity index (χ0n) is 13.2. The molecule has 1 heterocycles. The van der Waals surface area contributed by atoms with E-state index in [4.69, 9.17) is 11.6 Å². The van der Waals surface area contributed by atoms with Gasteiger partial charge in [-0.3, -0.25) is 4.79 Å². The summed E-state index contributed by atoms with van der Waals surface area (Å²) >= 11 is 6.00. The molecule has 0 spiro atoms. The molecule has 0 aliphatic carbocycles. The fraction of sp³-hybridized carbons (Fsp3) is 0.211. The van der Waals surface area contributed by atoms with E-state index in [9.17, 15) is 4.79 Å². The smallest absolute Gasteiger partial charge is 0.244 e. The maximum Gasteiger partial charge on any atom is 0.244 e. The molecule has 1 aromatic heterocycles. The SMILES string of the molecule is CC(C)c1ccccc1NC(=O)Cn1ccc2cc(Cl)ccc21. The van der Waals surface area contributed by atoms with Gasteiger partial charge in [0.2, 0.25) is 5.91 Å². The van der Waals surface area contributed by atoms with Gasteiger partial charge in [0, 0.05) is 27.8 Å². The lowest BCUT2D eigenvalue weighted by molar-refractivity contribution is -0.116. The number of fused-ring (bicyclic) bond motifs is 1. The molecule has 0 unspecified atom stereocenters. The Morgan fingerprint density at radius 1 is 1.17 bits per heavy atom. The Kier molecular flexibility index (Phi) is 4.39. The number of hydrogen-bond donors (Lipinski definition) is 1. The molecule has 0 fully saturated rings. The van der Waals surface area contributed by atoms with Gasteiger partial charge in [0.15, 0.2) is 0 Å². The number of amides is 1. The van der Waals surface area contributed by atoms with Crippen LogP contribution in [0.4, 0.5) is 5.69 Å². The highest BCUT2D eigenvalue weighted by atomic mass is 35.5. The average Bonchev–Trinajstić information content (AvgIpc) is 2.89. The number of halogens is 1. The molecular formula is C19H19ClN2O. The lowest BCUT2D eigenvalue weighted by atomic mass is 10.0. The molecule has 1 N–H and O–H groups in total. The predicted octanol–water partition coefficient (Wildman–Crippen LogP) is 5.06. The zero-order chi connectivity index (χ0) is 16.4. The van der Waals surface area contributed by atoms with E-state index in [0.717, 1.165) is 22.2 Å². The third-order valence-corrected chi connectivity index (χ3v) is 4.14. The van der Waals surface area contributed by atoms with Gasteiger partial charge in [-0.2, -0.15) is 0 Å². The van der Waals surface area contributed by atoms with Crippen molar-refractivity contribution in [3.8, 4) is 0 Å². The maximum absolute atomic E-state index is 12.4. The van der Waals surface area contributed by atoms with E-state index in [0.29, 0.717) is 10.9 Å². The molecular weight excluding hydrogens is 308 g/mol. The molecule has 0 aliphatic heterocycles. The van der Waals surface area contributed by atoms with Crippen molar-refractivity contribution >= 4 is 34.1 Å². The number of hydrogen-bond acceptors (Lipinski definition) is 1. The molecule has 4 heteroatoms. The van der Waals surface area contributed by atoms with Crippen molar-refractivity contribution in [3.63, 3.8) is 0 Å². The highest BCUT2D eigenvalue weighted by molar-refractivity contribution is 6.31. The average molecular weight is 327 g/mol. The lowest BCUT2D eigenvalue weighted by Gasteiger charge is -2.14. The van der Waals surface area contributed by atoms with Crippen molar-refractivity contribution < 1.29 is 4.79 Å². The van der Waals surface area contributed by atoms with Crippen molar-refractivity contribution in [3.05, 3.63) is 65.3 Å². The summed E-state index contributed by atoms with van der Waals surface area (Å²) in [5.41, 5.74) is 3.03. The van der Waals surface area contributed by atoms with Gasteiger partial charge < -0.3 is 9.88 Å². The standard InChI is InChI=1S/C19H19ClN2O/c1-13(2)16-5-3-4-6-17(16)21-19(23)12-22-10-9-14-11-15(20)7-8-18(14)22/h3-11,13H,12H2,1-2H3,(H,21,23). The van der Waals surface area contributed by atoms with Crippen molar-refractivity contribution in [2.75, 3.05) is 5.32 Å². The third kappa shape index (κ3) is 3.40. The van der Waals surface area contributed by atoms with Gasteiger partial charge in [-0.1, -0.05) is 43.6 Å². The van der Waals surface area contributed by atoms with Crippen LogP contribution in [0.1, 0.15) is 25.3 Å². The van der Waals surface area contributed by atoms with Crippen molar-refractivity contribution in [2.45, 2.75) is 26.3 Å². The van der Waals surface area contributed by atoms with E-state index in [1.54, 1.807) is 0 Å². The molecule has 0 radical (unpaired) electrons. The summed E-state index contributed by atoms with van der Waals surface area (Å²) in [6.45, 7) is 4.51. The topological polar surface area (TPSA) is 34.0 Å². The van der Waals surface area contributed by atoms with Crippen LogP contribution in [0.15, 0.2) is 54.7 Å². The number of nitrogens with zero attached hydrogens (tertiary/aromatic N) is 1. The van der Waals surface area contributed by atoms with E-state index < -0.39 is 0 Å². The minimum Gasteiger partial charge on any atom is -0.338 e. The first kappa shape index (κ1) is 15.6. The number of carbonyl (C=O) groups excluding carboxylic acids is 1. The fourth-order valence-electron chi connectivity index (χ4n) is 2.77. The van der Waals surface area contributed by atoms with Crippen LogP contribution in [-0.2, 0) is 11.3 Å². The molecule has 0 atom stereocenters. The highest BCUT2D eigenvalue weighted by Crippen LogP contribution is 2.24. The molecule has 3 rings (SSSR count). The maximum atomic E-state index is 12.4. The summed E-state index contributed by atoms with van der Waals surface area (Å²) in [5, 5.41) is 4.76. The van der Waals surface area contributed by atoms with E-state index >= 15 is 0 Å². The van der Waals surface area contributed by atoms with Gasteiger partial charge >= 0.3 is 0 Å². The van der Waals surface area contributed by atoms with Crippen LogP contribution in [-0.4, -0.2) is 10.5 Å². The van der Waals surface area contributed by atoms with E-state index in [1.165, 1.54) is 0 Å². The molecule has 1 amide bonds. The Hall–Kier alpha value is -2.26. The molecule has 0 bridgehead atoms. The molecule has 2 aromatic carbocycles. The molecule has 23 heavy (non-hydrogen) atoms. The third-order valence-electron chi connectivity index (χ3n) is 3.90. The quantitative estimate of drug-likeness (QED) is 0.714. The minimum atomic E-state index is -0.0365. The number of carbonyl (C=O) groups is 1. The summed E-state index contributed by atoms with van der Waals surface area (Å²) in [6.07, 6.45) is 1.91. The number of para-hydroxylation sites is 1. The Morgan fingerprint density at radius 2 is 1.96 bits per heavy atom. The Labute approximate surface area is 140 Å². The van der Waals surface area contributed by atoms with Gasteiger partial charge in [0.1, 0.15) is 6.54 Å². The van der Waals surface area contributed by atoms with E-state index in [-0.39, 0.29) is 12.5 Å². The Balaban J connectivity index is 1.79. The summed E-state index contributed by atoms with van der Waals surface area (Å²) in [4.78, 5) is 12.4. The summed E-state index contributed by atoms with van der Waals surface area (Å²) < 4.78 is 1.93. The Bertz CT molecular complexity index is 851. The highest BCUT2D eigenvalue weighted by Gasteiger charge is 2.11. The van der Waals surface area contributed by atoms with Gasteiger partial charge in [-0.25, -0.2) is 0 Å². The lowest BCUT2D eigenvalue weighted by Crippen LogP contribution is -2.19. The number of rotatable bonds is 4. The van der Waals surface area contributed by atoms with Gasteiger partial charge in [-0.05, 0) is 41.8 Å². The minimum absolute atomic E-state index is 0.0365. The van der Waals surface area contributed by atoms with Crippen LogP contribution in [0.2, 0.25) is 5.02 Å². The molecule has 3 nitrogen and oxygen atoms in total. The normalized spacial score (nSPS) is 11.1. The van der Waals surface area contributed by atoms with Crippen molar-refractivity contribution in [2.24, 2.45) is 0 Å². The van der Waals surface area contributed by atoms with Gasteiger partial charge in [0.25, 0.3) is 0 Å². The van der Waals surface area contributed by atoms with Crippen LogP contribution < -0.4 is 5.32 Å². The molecule has 118 valence electrons. The van der Waals surface area contributed by atoms with Crippen molar-refractivity contribution in [1.82, 2.24) is 4.57 Å². The predicted molar refractivity (Wildman–Crippen MR) is 96.1 cm³/mol. The second kappa shape index (κ2) is 6.47. The summed E-state index contributed by atoms with van der Waals surface area (Å²) in [6, 6.07) is 15.6. The zero-order valence-corrected chi connectivity index (χ0v) is 14.0. The van der Waals surface area contributed by atoms with Crippen LogP contribution in [0.5, 0.6) is 0 Å². The first-order chi connectivity index (χ1) is 11.0. The molecule has 0 saturated heterocycles. The number of nitrogens with one attached hydrogen (secondary N) is 1. The van der Waals surface area contributed by atoms with E-state index in [1.807, 2.05) is 59.3 Å². The first-order valence-electron chi connectivity index (χ1n) is 7.68.